The number of para-hydroxylation sites is 1. The Morgan fingerprint density at radius 3 is 2.59 bits per heavy atom. The molecular formula is C18H22BrNO2. The predicted molar refractivity (Wildman–Crippen MR) is 95.0 cm³/mol. The van der Waals surface area contributed by atoms with Gasteiger partial charge in [0.2, 0.25) is 0 Å². The Kier molecular flexibility index (Phi) is 6.13. The van der Waals surface area contributed by atoms with E-state index in [1.807, 2.05) is 13.0 Å². The highest BCUT2D eigenvalue weighted by Crippen LogP contribution is 2.36. The molecule has 4 heteroatoms. The largest absolute Gasteiger partial charge is 0.492 e. The third-order valence-corrected chi connectivity index (χ3v) is 4.04. The molecule has 118 valence electrons. The third kappa shape index (κ3) is 3.95. The smallest absolute Gasteiger partial charge is 0.174 e. The molecule has 0 spiro atoms. The van der Waals surface area contributed by atoms with E-state index in [2.05, 4.69) is 58.5 Å². The van der Waals surface area contributed by atoms with Crippen LogP contribution in [0.5, 0.6) is 11.5 Å². The van der Waals surface area contributed by atoms with Gasteiger partial charge in [-0.3, -0.25) is 0 Å². The fourth-order valence-corrected chi connectivity index (χ4v) is 3.03. The molecule has 0 amide bonds. The van der Waals surface area contributed by atoms with Crippen molar-refractivity contribution in [3.63, 3.8) is 0 Å². The molecule has 0 bridgehead atoms. The summed E-state index contributed by atoms with van der Waals surface area (Å²) in [6.45, 7) is 5.48. The van der Waals surface area contributed by atoms with Crippen LogP contribution in [0, 0.1) is 0 Å². The Labute approximate surface area is 140 Å². The number of halogens is 1. The standard InChI is InChI=1S/C18H22BrNO2/c1-4-14-8-6-7-9-16(14)20-12-13-10-15(19)18(21-3)17(11-13)22-5-2/h6-11,20H,4-5,12H2,1-3H3. The highest BCUT2D eigenvalue weighted by Gasteiger charge is 2.11. The van der Waals surface area contributed by atoms with Gasteiger partial charge in [-0.05, 0) is 58.6 Å². The second-order valence-electron chi connectivity index (χ2n) is 4.91. The van der Waals surface area contributed by atoms with E-state index in [1.165, 1.54) is 11.3 Å². The summed E-state index contributed by atoms with van der Waals surface area (Å²) in [6, 6.07) is 12.5. The minimum Gasteiger partial charge on any atom is -0.492 e. The summed E-state index contributed by atoms with van der Waals surface area (Å²) in [7, 11) is 1.65. The third-order valence-electron chi connectivity index (χ3n) is 3.45. The maximum absolute atomic E-state index is 5.66. The number of ether oxygens (including phenoxy) is 2. The Balaban J connectivity index is 2.19. The molecule has 0 aliphatic heterocycles. The van der Waals surface area contributed by atoms with Gasteiger partial charge in [0, 0.05) is 12.2 Å². The number of benzene rings is 2. The van der Waals surface area contributed by atoms with Crippen molar-refractivity contribution in [1.82, 2.24) is 0 Å². The number of hydrogen-bond acceptors (Lipinski definition) is 3. The van der Waals surface area contributed by atoms with Crippen LogP contribution >= 0.6 is 15.9 Å². The van der Waals surface area contributed by atoms with Crippen molar-refractivity contribution in [3.05, 3.63) is 52.0 Å². The first kappa shape index (κ1) is 16.7. The van der Waals surface area contributed by atoms with E-state index in [0.717, 1.165) is 34.5 Å². The molecule has 0 aliphatic rings. The summed E-state index contributed by atoms with van der Waals surface area (Å²) < 4.78 is 12.0. The summed E-state index contributed by atoms with van der Waals surface area (Å²) in [6.07, 6.45) is 1.01. The van der Waals surface area contributed by atoms with Gasteiger partial charge < -0.3 is 14.8 Å². The van der Waals surface area contributed by atoms with Gasteiger partial charge in [-0.15, -0.1) is 0 Å². The SMILES string of the molecule is CCOc1cc(CNc2ccccc2CC)cc(Br)c1OC. The molecule has 2 rings (SSSR count). The van der Waals surface area contributed by atoms with Crippen molar-refractivity contribution in [2.45, 2.75) is 26.8 Å². The van der Waals surface area contributed by atoms with Crippen LogP contribution in [0.2, 0.25) is 0 Å². The zero-order chi connectivity index (χ0) is 15.9. The lowest BCUT2D eigenvalue weighted by Gasteiger charge is -2.15. The van der Waals surface area contributed by atoms with Crippen molar-refractivity contribution in [3.8, 4) is 11.5 Å². The number of rotatable bonds is 7. The van der Waals surface area contributed by atoms with Crippen LogP contribution in [-0.4, -0.2) is 13.7 Å². The molecule has 3 nitrogen and oxygen atoms in total. The number of nitrogens with one attached hydrogen (secondary N) is 1. The fourth-order valence-electron chi connectivity index (χ4n) is 2.38. The Hall–Kier alpha value is -1.68. The summed E-state index contributed by atoms with van der Waals surface area (Å²) >= 11 is 3.55. The Bertz CT molecular complexity index is 628. The molecule has 0 atom stereocenters. The Morgan fingerprint density at radius 1 is 1.14 bits per heavy atom. The summed E-state index contributed by atoms with van der Waals surface area (Å²) in [5.74, 6) is 1.50. The minimum atomic E-state index is 0.609. The van der Waals surface area contributed by atoms with E-state index in [1.54, 1.807) is 7.11 Å². The van der Waals surface area contributed by atoms with Crippen LogP contribution in [0.3, 0.4) is 0 Å². The van der Waals surface area contributed by atoms with Crippen LogP contribution in [0.1, 0.15) is 25.0 Å². The van der Waals surface area contributed by atoms with E-state index < -0.39 is 0 Å². The minimum absolute atomic E-state index is 0.609. The summed E-state index contributed by atoms with van der Waals surface area (Å²) in [4.78, 5) is 0. The molecule has 22 heavy (non-hydrogen) atoms. The molecule has 0 fully saturated rings. The molecule has 0 aliphatic carbocycles. The lowest BCUT2D eigenvalue weighted by atomic mass is 10.1. The molecule has 0 aromatic heterocycles. The summed E-state index contributed by atoms with van der Waals surface area (Å²) in [5.41, 5.74) is 3.64. The van der Waals surface area contributed by atoms with Crippen molar-refractivity contribution >= 4 is 21.6 Å². The van der Waals surface area contributed by atoms with Gasteiger partial charge in [-0.25, -0.2) is 0 Å². The van der Waals surface area contributed by atoms with Gasteiger partial charge in [0.05, 0.1) is 18.2 Å². The molecule has 2 aromatic rings. The van der Waals surface area contributed by atoms with Crippen LogP contribution < -0.4 is 14.8 Å². The quantitative estimate of drug-likeness (QED) is 0.747. The first-order valence-electron chi connectivity index (χ1n) is 7.50. The van der Waals surface area contributed by atoms with E-state index in [0.29, 0.717) is 6.61 Å². The highest BCUT2D eigenvalue weighted by atomic mass is 79.9. The highest BCUT2D eigenvalue weighted by molar-refractivity contribution is 9.10. The molecule has 0 unspecified atom stereocenters. The molecule has 0 radical (unpaired) electrons. The predicted octanol–water partition coefficient (Wildman–Crippen LogP) is 5.03. The van der Waals surface area contributed by atoms with Crippen LogP contribution in [0.4, 0.5) is 5.69 Å². The molecule has 1 N–H and O–H groups in total. The normalized spacial score (nSPS) is 10.4. The number of methoxy groups -OCH3 is 1. The van der Waals surface area contributed by atoms with Gasteiger partial charge in [0.25, 0.3) is 0 Å². The van der Waals surface area contributed by atoms with Crippen LogP contribution in [0.15, 0.2) is 40.9 Å². The first-order valence-corrected chi connectivity index (χ1v) is 8.29. The number of aryl methyl sites for hydroxylation is 1. The van der Waals surface area contributed by atoms with Crippen LogP contribution in [-0.2, 0) is 13.0 Å². The fraction of sp³-hybridized carbons (Fsp3) is 0.333. The average Bonchev–Trinajstić information content (AvgIpc) is 2.53. The lowest BCUT2D eigenvalue weighted by Crippen LogP contribution is -2.04. The second-order valence-corrected chi connectivity index (χ2v) is 5.76. The zero-order valence-electron chi connectivity index (χ0n) is 13.3. The monoisotopic (exact) mass is 363 g/mol. The van der Waals surface area contributed by atoms with E-state index in [-0.39, 0.29) is 0 Å². The van der Waals surface area contributed by atoms with Gasteiger partial charge in [-0.2, -0.15) is 0 Å². The maximum atomic E-state index is 5.66. The molecular weight excluding hydrogens is 342 g/mol. The van der Waals surface area contributed by atoms with E-state index >= 15 is 0 Å². The van der Waals surface area contributed by atoms with Crippen molar-refractivity contribution in [2.75, 3.05) is 19.0 Å². The Morgan fingerprint density at radius 2 is 1.91 bits per heavy atom. The molecule has 2 aromatic carbocycles. The number of hydrogen-bond donors (Lipinski definition) is 1. The van der Waals surface area contributed by atoms with Crippen molar-refractivity contribution in [2.24, 2.45) is 0 Å². The zero-order valence-corrected chi connectivity index (χ0v) is 14.9. The maximum Gasteiger partial charge on any atom is 0.174 e. The van der Waals surface area contributed by atoms with Gasteiger partial charge in [0.1, 0.15) is 0 Å². The van der Waals surface area contributed by atoms with Gasteiger partial charge in [0.15, 0.2) is 11.5 Å². The topological polar surface area (TPSA) is 30.5 Å². The molecule has 0 heterocycles. The van der Waals surface area contributed by atoms with E-state index in [9.17, 15) is 0 Å². The van der Waals surface area contributed by atoms with Crippen molar-refractivity contribution < 1.29 is 9.47 Å². The summed E-state index contributed by atoms with van der Waals surface area (Å²) in [5, 5.41) is 3.50. The molecule has 0 saturated heterocycles. The van der Waals surface area contributed by atoms with Gasteiger partial charge in [-0.1, -0.05) is 25.1 Å². The first-order chi connectivity index (χ1) is 10.7. The molecule has 0 saturated carbocycles. The van der Waals surface area contributed by atoms with Crippen molar-refractivity contribution in [1.29, 1.82) is 0 Å². The second kappa shape index (κ2) is 8.08. The van der Waals surface area contributed by atoms with Crippen LogP contribution in [0.25, 0.3) is 0 Å². The van der Waals surface area contributed by atoms with E-state index in [4.69, 9.17) is 9.47 Å². The average molecular weight is 364 g/mol. The van der Waals surface area contributed by atoms with Gasteiger partial charge >= 0.3 is 0 Å². The lowest BCUT2D eigenvalue weighted by molar-refractivity contribution is 0.309. The number of anilines is 1.